The topological polar surface area (TPSA) is 27.8 Å². The van der Waals surface area contributed by atoms with Gasteiger partial charge in [-0.25, -0.2) is 0 Å². The van der Waals surface area contributed by atoms with E-state index in [0.29, 0.717) is 12.1 Å². The average Bonchev–Trinajstić information content (AvgIpc) is 3.41. The Kier molecular flexibility index (Phi) is 4.66. The van der Waals surface area contributed by atoms with Crippen molar-refractivity contribution in [2.45, 2.75) is 38.3 Å². The van der Waals surface area contributed by atoms with Crippen LogP contribution in [0.3, 0.4) is 0 Å². The second-order valence-electron chi connectivity index (χ2n) is 8.67. The van der Waals surface area contributed by atoms with Gasteiger partial charge in [-0.1, -0.05) is 54.6 Å². The molecule has 0 amide bonds. The van der Waals surface area contributed by atoms with Gasteiger partial charge in [-0.3, -0.25) is 0 Å². The highest BCUT2D eigenvalue weighted by Crippen LogP contribution is 2.39. The molecule has 2 atom stereocenters. The number of benzene rings is 3. The minimum absolute atomic E-state index is 0.331. The molecule has 0 unspecified atom stereocenters. The summed E-state index contributed by atoms with van der Waals surface area (Å²) in [5.74, 6) is 0. The maximum atomic E-state index is 3.89. The zero-order valence-electron chi connectivity index (χ0n) is 17.7. The van der Waals surface area contributed by atoms with Gasteiger partial charge in [-0.15, -0.1) is 11.3 Å². The van der Waals surface area contributed by atoms with Crippen LogP contribution in [0.1, 0.15) is 48.7 Å². The van der Waals surface area contributed by atoms with Crippen molar-refractivity contribution < 1.29 is 0 Å². The van der Waals surface area contributed by atoms with Crippen LogP contribution in [0.4, 0.5) is 0 Å². The fourth-order valence-corrected chi connectivity index (χ4v) is 6.11. The second-order valence-corrected chi connectivity index (χ2v) is 9.75. The Morgan fingerprint density at radius 2 is 1.81 bits per heavy atom. The molecule has 5 aromatic rings. The zero-order valence-corrected chi connectivity index (χ0v) is 18.5. The summed E-state index contributed by atoms with van der Waals surface area (Å²) >= 11 is 1.88. The molecule has 0 bridgehead atoms. The number of aromatic amines is 1. The van der Waals surface area contributed by atoms with Crippen LogP contribution in [-0.2, 0) is 6.42 Å². The highest BCUT2D eigenvalue weighted by atomic mass is 32.1. The number of hydrogen-bond acceptors (Lipinski definition) is 2. The van der Waals surface area contributed by atoms with Crippen molar-refractivity contribution in [2.75, 3.05) is 0 Å². The largest absolute Gasteiger partial charge is 0.357 e. The summed E-state index contributed by atoms with van der Waals surface area (Å²) < 4.78 is 1.35. The average molecular weight is 423 g/mol. The van der Waals surface area contributed by atoms with E-state index in [1.54, 1.807) is 0 Å². The van der Waals surface area contributed by atoms with E-state index in [0.717, 1.165) is 6.42 Å². The molecule has 0 fully saturated rings. The first-order chi connectivity index (χ1) is 15.3. The minimum atomic E-state index is 0.331. The van der Waals surface area contributed by atoms with Gasteiger partial charge < -0.3 is 10.3 Å². The van der Waals surface area contributed by atoms with Crippen molar-refractivity contribution in [1.82, 2.24) is 10.3 Å². The Balaban J connectivity index is 1.36. The summed E-state index contributed by atoms with van der Waals surface area (Å²) in [4.78, 5) is 5.12. The number of thiophene rings is 1. The number of aryl methyl sites for hydroxylation is 1. The van der Waals surface area contributed by atoms with Crippen LogP contribution < -0.4 is 5.32 Å². The molecule has 6 rings (SSSR count). The van der Waals surface area contributed by atoms with Gasteiger partial charge in [0.2, 0.25) is 0 Å². The van der Waals surface area contributed by atoms with Gasteiger partial charge in [0, 0.05) is 38.3 Å². The van der Waals surface area contributed by atoms with Crippen LogP contribution in [0.2, 0.25) is 0 Å². The molecule has 3 aromatic carbocycles. The third kappa shape index (κ3) is 3.38. The van der Waals surface area contributed by atoms with Crippen LogP contribution >= 0.6 is 11.3 Å². The number of fused-ring (bicyclic) bond motifs is 4. The first-order valence-corrected chi connectivity index (χ1v) is 12.0. The Labute approximate surface area is 186 Å². The lowest BCUT2D eigenvalue weighted by atomic mass is 9.90. The van der Waals surface area contributed by atoms with Gasteiger partial charge in [0.25, 0.3) is 0 Å². The lowest BCUT2D eigenvalue weighted by molar-refractivity contribution is 0.410. The Bertz CT molecular complexity index is 1330. The number of nitrogens with one attached hydrogen (secondary N) is 2. The standard InChI is InChI=1S/C28H26N2S/c1-18(19-8-3-2-4-9-19)29-25-12-7-11-22-23-16-21(14-15-24(23)30-28(22)25)27-17-20-10-5-6-13-26(20)31-27/h2-6,8-10,13-18,25,29-30H,7,11-12H2,1H3/t18-,25-/m1/s1. The summed E-state index contributed by atoms with van der Waals surface area (Å²) in [6.45, 7) is 2.27. The summed E-state index contributed by atoms with van der Waals surface area (Å²) in [7, 11) is 0. The lowest BCUT2D eigenvalue weighted by Gasteiger charge is -2.27. The Morgan fingerprint density at radius 1 is 0.968 bits per heavy atom. The molecule has 0 spiro atoms. The molecule has 0 aliphatic heterocycles. The predicted octanol–water partition coefficient (Wildman–Crippen LogP) is 7.78. The van der Waals surface area contributed by atoms with Crippen molar-refractivity contribution >= 4 is 32.3 Å². The fraction of sp³-hybridized carbons (Fsp3) is 0.214. The van der Waals surface area contributed by atoms with E-state index in [1.165, 1.54) is 61.1 Å². The maximum Gasteiger partial charge on any atom is 0.0480 e. The van der Waals surface area contributed by atoms with E-state index in [-0.39, 0.29) is 0 Å². The lowest BCUT2D eigenvalue weighted by Crippen LogP contribution is -2.27. The first kappa shape index (κ1) is 18.9. The zero-order chi connectivity index (χ0) is 20.8. The smallest absolute Gasteiger partial charge is 0.0480 e. The molecule has 1 aliphatic carbocycles. The van der Waals surface area contributed by atoms with E-state index in [9.17, 15) is 0 Å². The first-order valence-electron chi connectivity index (χ1n) is 11.2. The molecule has 1 aliphatic rings. The number of rotatable bonds is 4. The van der Waals surface area contributed by atoms with Gasteiger partial charge in [0.1, 0.15) is 0 Å². The summed E-state index contributed by atoms with van der Waals surface area (Å²) in [6, 6.07) is 29.4. The van der Waals surface area contributed by atoms with Crippen molar-refractivity contribution in [3.05, 3.63) is 95.7 Å². The monoisotopic (exact) mass is 422 g/mol. The van der Waals surface area contributed by atoms with Gasteiger partial charge in [0.05, 0.1) is 0 Å². The Morgan fingerprint density at radius 3 is 2.68 bits per heavy atom. The molecule has 0 saturated carbocycles. The normalized spacial score (nSPS) is 17.1. The van der Waals surface area contributed by atoms with Crippen LogP contribution in [0.5, 0.6) is 0 Å². The van der Waals surface area contributed by atoms with Crippen LogP contribution in [0.25, 0.3) is 31.4 Å². The molecule has 154 valence electrons. The molecule has 0 saturated heterocycles. The third-order valence-electron chi connectivity index (χ3n) is 6.67. The molecular formula is C28H26N2S. The van der Waals surface area contributed by atoms with E-state index in [4.69, 9.17) is 0 Å². The number of H-pyrrole nitrogens is 1. The SMILES string of the molecule is C[C@@H](N[C@@H]1CCCc2c1[nH]c1ccc(-c3cc4ccccc4s3)cc21)c1ccccc1. The van der Waals surface area contributed by atoms with E-state index >= 15 is 0 Å². The number of hydrogen-bond donors (Lipinski definition) is 2. The summed E-state index contributed by atoms with van der Waals surface area (Å²) in [5, 5.41) is 6.61. The van der Waals surface area contributed by atoms with E-state index in [2.05, 4.69) is 96.1 Å². The molecule has 2 heterocycles. The van der Waals surface area contributed by atoms with Crippen molar-refractivity contribution in [2.24, 2.45) is 0 Å². The fourth-order valence-electron chi connectivity index (χ4n) is 5.05. The van der Waals surface area contributed by atoms with Crippen LogP contribution in [0, 0.1) is 0 Å². The van der Waals surface area contributed by atoms with Gasteiger partial charge >= 0.3 is 0 Å². The molecule has 2 nitrogen and oxygen atoms in total. The van der Waals surface area contributed by atoms with Crippen LogP contribution in [0.15, 0.2) is 78.9 Å². The molecule has 31 heavy (non-hydrogen) atoms. The molecule has 2 N–H and O–H groups in total. The highest BCUT2D eigenvalue weighted by molar-refractivity contribution is 7.22. The maximum absolute atomic E-state index is 3.89. The van der Waals surface area contributed by atoms with Gasteiger partial charge in [-0.2, -0.15) is 0 Å². The summed E-state index contributed by atoms with van der Waals surface area (Å²) in [5.41, 5.74) is 6.82. The summed E-state index contributed by atoms with van der Waals surface area (Å²) in [6.07, 6.45) is 3.56. The minimum Gasteiger partial charge on any atom is -0.357 e. The number of aromatic nitrogens is 1. The van der Waals surface area contributed by atoms with Crippen molar-refractivity contribution in [3.8, 4) is 10.4 Å². The van der Waals surface area contributed by atoms with Gasteiger partial charge in [0.15, 0.2) is 0 Å². The van der Waals surface area contributed by atoms with Crippen LogP contribution in [-0.4, -0.2) is 4.98 Å². The van der Waals surface area contributed by atoms with E-state index in [1.807, 2.05) is 11.3 Å². The van der Waals surface area contributed by atoms with Crippen molar-refractivity contribution in [1.29, 1.82) is 0 Å². The van der Waals surface area contributed by atoms with Crippen molar-refractivity contribution in [3.63, 3.8) is 0 Å². The molecule has 2 aromatic heterocycles. The second kappa shape index (κ2) is 7.67. The molecule has 3 heteroatoms. The van der Waals surface area contributed by atoms with Gasteiger partial charge in [-0.05, 0) is 72.5 Å². The third-order valence-corrected chi connectivity index (χ3v) is 7.83. The highest BCUT2D eigenvalue weighted by Gasteiger charge is 2.25. The molecule has 0 radical (unpaired) electrons. The Hall–Kier alpha value is -2.88. The van der Waals surface area contributed by atoms with E-state index < -0.39 is 0 Å². The molecular weight excluding hydrogens is 396 g/mol. The predicted molar refractivity (Wildman–Crippen MR) is 133 cm³/mol. The quantitative estimate of drug-likeness (QED) is 0.304.